The molecule has 4 aromatic rings. The first-order valence-corrected chi connectivity index (χ1v) is 11.9. The molecule has 0 bridgehead atoms. The zero-order chi connectivity index (χ0) is 23.4. The Hall–Kier alpha value is -3.90. The molecule has 4 rings (SSSR count). The van der Waals surface area contributed by atoms with E-state index in [1.54, 1.807) is 43.3 Å². The summed E-state index contributed by atoms with van der Waals surface area (Å²) >= 11 is 0. The van der Waals surface area contributed by atoms with Gasteiger partial charge in [0.05, 0.1) is 10.6 Å². The zero-order valence-corrected chi connectivity index (χ0v) is 19.2. The Labute approximate surface area is 194 Å². The molecule has 0 spiro atoms. The number of anilines is 2. The molecule has 0 aromatic heterocycles. The van der Waals surface area contributed by atoms with Crippen molar-refractivity contribution < 1.29 is 13.2 Å². The van der Waals surface area contributed by atoms with Crippen LogP contribution in [0.5, 0.6) is 0 Å². The third-order valence-electron chi connectivity index (χ3n) is 5.47. The minimum atomic E-state index is -3.85. The molecular weight excluding hydrogens is 432 g/mol. The molecular formula is C27H24N2O3S. The molecule has 0 unspecified atom stereocenters. The number of hydrogen-bond acceptors (Lipinski definition) is 3. The fourth-order valence-electron chi connectivity index (χ4n) is 3.60. The van der Waals surface area contributed by atoms with Gasteiger partial charge >= 0.3 is 0 Å². The molecule has 0 radical (unpaired) electrons. The van der Waals surface area contributed by atoms with Crippen LogP contribution in [-0.2, 0) is 10.0 Å². The average Bonchev–Trinajstić information content (AvgIpc) is 2.85. The molecule has 33 heavy (non-hydrogen) atoms. The number of hydrogen-bond donors (Lipinski definition) is 1. The number of benzene rings is 4. The summed E-state index contributed by atoms with van der Waals surface area (Å²) in [6.45, 7) is 1.72. The van der Waals surface area contributed by atoms with E-state index in [-0.39, 0.29) is 16.4 Å². The van der Waals surface area contributed by atoms with Gasteiger partial charge in [-0.1, -0.05) is 72.8 Å². The Balaban J connectivity index is 1.66. The van der Waals surface area contributed by atoms with Crippen LogP contribution >= 0.6 is 0 Å². The highest BCUT2D eigenvalue weighted by atomic mass is 32.2. The van der Waals surface area contributed by atoms with Gasteiger partial charge in [-0.15, -0.1) is 0 Å². The normalized spacial score (nSPS) is 11.1. The Kier molecular flexibility index (Phi) is 6.29. The molecule has 0 saturated carbocycles. The molecule has 1 N–H and O–H groups in total. The van der Waals surface area contributed by atoms with Crippen molar-refractivity contribution in [3.05, 3.63) is 114 Å². The predicted octanol–water partition coefficient (Wildman–Crippen LogP) is 5.74. The van der Waals surface area contributed by atoms with Gasteiger partial charge in [-0.05, 0) is 48.4 Å². The number of sulfonamides is 1. The predicted molar refractivity (Wildman–Crippen MR) is 133 cm³/mol. The first-order chi connectivity index (χ1) is 15.9. The van der Waals surface area contributed by atoms with Crippen LogP contribution in [-0.4, -0.2) is 21.4 Å². The van der Waals surface area contributed by atoms with E-state index in [1.807, 2.05) is 60.7 Å². The molecule has 166 valence electrons. The molecule has 0 heterocycles. The van der Waals surface area contributed by atoms with Gasteiger partial charge in [-0.3, -0.25) is 9.10 Å². The van der Waals surface area contributed by atoms with E-state index < -0.39 is 10.0 Å². The summed E-state index contributed by atoms with van der Waals surface area (Å²) in [7, 11) is -2.34. The lowest BCUT2D eigenvalue weighted by Crippen LogP contribution is -2.27. The second-order valence-corrected chi connectivity index (χ2v) is 9.59. The lowest BCUT2D eigenvalue weighted by Gasteiger charge is -2.21. The maximum Gasteiger partial charge on any atom is 0.264 e. The van der Waals surface area contributed by atoms with E-state index in [4.69, 9.17) is 0 Å². The molecule has 0 saturated heterocycles. The molecule has 5 nitrogen and oxygen atoms in total. The van der Waals surface area contributed by atoms with Crippen LogP contribution in [0.1, 0.15) is 15.9 Å². The molecule has 0 fully saturated rings. The van der Waals surface area contributed by atoms with E-state index in [1.165, 1.54) is 17.4 Å². The molecule has 4 aromatic carbocycles. The molecule has 6 heteroatoms. The van der Waals surface area contributed by atoms with Gasteiger partial charge in [0.2, 0.25) is 0 Å². The number of amides is 1. The number of nitrogens with one attached hydrogen (secondary N) is 1. The SMILES string of the molecule is Cc1ccc(C(=O)Nc2ccccc2-c2ccccc2)cc1S(=O)(=O)N(C)c1ccccc1. The van der Waals surface area contributed by atoms with Crippen molar-refractivity contribution in [1.82, 2.24) is 0 Å². The molecule has 0 aliphatic carbocycles. The van der Waals surface area contributed by atoms with E-state index in [2.05, 4.69) is 5.32 Å². The van der Waals surface area contributed by atoms with Crippen LogP contribution in [0.15, 0.2) is 108 Å². The summed E-state index contributed by atoms with van der Waals surface area (Å²) in [6.07, 6.45) is 0. The summed E-state index contributed by atoms with van der Waals surface area (Å²) in [5.41, 5.74) is 3.89. The van der Waals surface area contributed by atoms with Gasteiger partial charge in [0, 0.05) is 23.9 Å². The van der Waals surface area contributed by atoms with Crippen molar-refractivity contribution in [3.8, 4) is 11.1 Å². The number of rotatable bonds is 6. The van der Waals surface area contributed by atoms with Crippen LogP contribution in [0.3, 0.4) is 0 Å². The van der Waals surface area contributed by atoms with Crippen LogP contribution in [0, 0.1) is 6.92 Å². The summed E-state index contributed by atoms with van der Waals surface area (Å²) in [5.74, 6) is -0.378. The topological polar surface area (TPSA) is 66.5 Å². The van der Waals surface area contributed by atoms with Crippen molar-refractivity contribution in [1.29, 1.82) is 0 Å². The van der Waals surface area contributed by atoms with Crippen LogP contribution in [0.2, 0.25) is 0 Å². The van der Waals surface area contributed by atoms with Gasteiger partial charge in [-0.25, -0.2) is 8.42 Å². The highest BCUT2D eigenvalue weighted by molar-refractivity contribution is 7.92. The number of aryl methyl sites for hydroxylation is 1. The molecule has 0 atom stereocenters. The van der Waals surface area contributed by atoms with Crippen molar-refractivity contribution >= 4 is 27.3 Å². The Morgan fingerprint density at radius 3 is 2.09 bits per heavy atom. The largest absolute Gasteiger partial charge is 0.321 e. The number of carbonyl (C=O) groups is 1. The maximum absolute atomic E-state index is 13.3. The molecule has 0 aliphatic rings. The Bertz CT molecular complexity index is 1390. The van der Waals surface area contributed by atoms with Crippen molar-refractivity contribution in [2.45, 2.75) is 11.8 Å². The van der Waals surface area contributed by atoms with Gasteiger partial charge in [-0.2, -0.15) is 0 Å². The minimum Gasteiger partial charge on any atom is -0.321 e. The van der Waals surface area contributed by atoms with Crippen LogP contribution in [0.4, 0.5) is 11.4 Å². The van der Waals surface area contributed by atoms with Crippen molar-refractivity contribution in [3.63, 3.8) is 0 Å². The number of carbonyl (C=O) groups excluding carboxylic acids is 1. The van der Waals surface area contributed by atoms with Crippen molar-refractivity contribution in [2.75, 3.05) is 16.7 Å². The van der Waals surface area contributed by atoms with Crippen LogP contribution < -0.4 is 9.62 Å². The lowest BCUT2D eigenvalue weighted by atomic mass is 10.0. The number of para-hydroxylation sites is 2. The standard InChI is InChI=1S/C27H24N2O3S/c1-20-17-18-22(19-26(20)33(31,32)29(2)23-13-7-4-8-14-23)27(30)28-25-16-10-9-15-24(25)21-11-5-3-6-12-21/h3-19H,1-2H3,(H,28,30). The lowest BCUT2D eigenvalue weighted by molar-refractivity contribution is 0.102. The van der Waals surface area contributed by atoms with Gasteiger partial charge in [0.25, 0.3) is 15.9 Å². The Morgan fingerprint density at radius 2 is 1.39 bits per heavy atom. The monoisotopic (exact) mass is 456 g/mol. The second-order valence-electron chi connectivity index (χ2n) is 7.65. The average molecular weight is 457 g/mol. The third-order valence-corrected chi connectivity index (χ3v) is 7.40. The fourth-order valence-corrected chi connectivity index (χ4v) is 5.04. The third kappa shape index (κ3) is 4.66. The maximum atomic E-state index is 13.3. The summed E-state index contributed by atoms with van der Waals surface area (Å²) < 4.78 is 27.9. The zero-order valence-electron chi connectivity index (χ0n) is 18.4. The highest BCUT2D eigenvalue weighted by Crippen LogP contribution is 2.29. The second kappa shape index (κ2) is 9.30. The first-order valence-electron chi connectivity index (χ1n) is 10.5. The quantitative estimate of drug-likeness (QED) is 0.402. The first kappa shape index (κ1) is 22.3. The van der Waals surface area contributed by atoms with Gasteiger partial charge in [0.15, 0.2) is 0 Å². The fraction of sp³-hybridized carbons (Fsp3) is 0.0741. The Morgan fingerprint density at radius 1 is 0.788 bits per heavy atom. The van der Waals surface area contributed by atoms with Gasteiger partial charge in [0.1, 0.15) is 0 Å². The summed E-state index contributed by atoms with van der Waals surface area (Å²) in [6, 6.07) is 30.9. The molecule has 0 aliphatic heterocycles. The summed E-state index contributed by atoms with van der Waals surface area (Å²) in [5, 5.41) is 2.94. The van der Waals surface area contributed by atoms with E-state index in [0.717, 1.165) is 11.1 Å². The van der Waals surface area contributed by atoms with Crippen molar-refractivity contribution in [2.24, 2.45) is 0 Å². The summed E-state index contributed by atoms with van der Waals surface area (Å²) in [4.78, 5) is 13.2. The highest BCUT2D eigenvalue weighted by Gasteiger charge is 2.24. The smallest absolute Gasteiger partial charge is 0.264 e. The molecule has 1 amide bonds. The van der Waals surface area contributed by atoms with Gasteiger partial charge < -0.3 is 5.32 Å². The van der Waals surface area contributed by atoms with E-state index in [9.17, 15) is 13.2 Å². The number of nitrogens with zero attached hydrogens (tertiary/aromatic N) is 1. The minimum absolute atomic E-state index is 0.0952. The van der Waals surface area contributed by atoms with E-state index >= 15 is 0 Å². The van der Waals surface area contributed by atoms with E-state index in [0.29, 0.717) is 16.9 Å². The van der Waals surface area contributed by atoms with Crippen LogP contribution in [0.25, 0.3) is 11.1 Å².